The first kappa shape index (κ1) is 8.05. The van der Waals surface area contributed by atoms with Crippen LogP contribution in [0.25, 0.3) is 0 Å². The maximum Gasteiger partial charge on any atom is 0.324 e. The molecular formula is C9H14NO2. The number of fused-ring (bicyclic) bond motifs is 2. The second kappa shape index (κ2) is 2.46. The van der Waals surface area contributed by atoms with Crippen molar-refractivity contribution in [3.05, 3.63) is 5.92 Å². The highest BCUT2D eigenvalue weighted by Crippen LogP contribution is 2.43. The number of hydrogen-bond donors (Lipinski definition) is 2. The van der Waals surface area contributed by atoms with Gasteiger partial charge in [-0.1, -0.05) is 0 Å². The molecule has 1 heterocycles. The summed E-state index contributed by atoms with van der Waals surface area (Å²) < 4.78 is 0. The van der Waals surface area contributed by atoms with Gasteiger partial charge in [-0.3, -0.25) is 4.79 Å². The van der Waals surface area contributed by atoms with E-state index in [4.69, 9.17) is 5.11 Å². The number of rotatable bonds is 1. The van der Waals surface area contributed by atoms with E-state index < -0.39 is 11.5 Å². The van der Waals surface area contributed by atoms with Gasteiger partial charge in [-0.15, -0.1) is 0 Å². The van der Waals surface area contributed by atoms with E-state index in [0.717, 1.165) is 19.4 Å². The SMILES string of the molecule is CC1(C(=O)O)NCC2CC[C]1C2. The smallest absolute Gasteiger partial charge is 0.324 e. The average molecular weight is 168 g/mol. The Morgan fingerprint density at radius 3 is 3.17 bits per heavy atom. The maximum atomic E-state index is 11.0. The predicted molar refractivity (Wildman–Crippen MR) is 44.6 cm³/mol. The Hall–Kier alpha value is -0.570. The summed E-state index contributed by atoms with van der Waals surface area (Å²) in [6.07, 6.45) is 3.20. The molecule has 1 aliphatic heterocycles. The molecule has 0 aromatic carbocycles. The molecule has 1 saturated heterocycles. The van der Waals surface area contributed by atoms with Crippen molar-refractivity contribution in [3.63, 3.8) is 0 Å². The van der Waals surface area contributed by atoms with Crippen LogP contribution < -0.4 is 5.32 Å². The van der Waals surface area contributed by atoms with E-state index in [-0.39, 0.29) is 0 Å². The van der Waals surface area contributed by atoms with E-state index in [1.807, 2.05) is 0 Å². The Morgan fingerprint density at radius 1 is 1.75 bits per heavy atom. The summed E-state index contributed by atoms with van der Waals surface area (Å²) in [5.41, 5.74) is -0.729. The lowest BCUT2D eigenvalue weighted by Crippen LogP contribution is -2.56. The Balaban J connectivity index is 2.21. The van der Waals surface area contributed by atoms with Gasteiger partial charge in [0, 0.05) is 5.92 Å². The van der Waals surface area contributed by atoms with Crippen LogP contribution in [0.2, 0.25) is 0 Å². The van der Waals surface area contributed by atoms with E-state index in [9.17, 15) is 4.79 Å². The van der Waals surface area contributed by atoms with Gasteiger partial charge in [0.2, 0.25) is 0 Å². The molecule has 2 atom stereocenters. The van der Waals surface area contributed by atoms with Crippen molar-refractivity contribution >= 4 is 5.97 Å². The molecule has 1 aliphatic carbocycles. The molecule has 0 aromatic rings. The van der Waals surface area contributed by atoms with E-state index >= 15 is 0 Å². The van der Waals surface area contributed by atoms with Gasteiger partial charge in [0.05, 0.1) is 0 Å². The molecule has 2 fully saturated rings. The minimum absolute atomic E-state index is 0.701. The van der Waals surface area contributed by atoms with Crippen molar-refractivity contribution in [2.24, 2.45) is 5.92 Å². The molecule has 2 unspecified atom stereocenters. The largest absolute Gasteiger partial charge is 0.480 e. The number of nitrogens with one attached hydrogen (secondary N) is 1. The summed E-state index contributed by atoms with van der Waals surface area (Å²) in [6, 6.07) is 0. The molecule has 0 amide bonds. The van der Waals surface area contributed by atoms with Crippen molar-refractivity contribution in [1.29, 1.82) is 0 Å². The second-order valence-electron chi connectivity index (χ2n) is 4.02. The second-order valence-corrected chi connectivity index (χ2v) is 4.02. The molecule has 2 aliphatic rings. The molecule has 67 valence electrons. The van der Waals surface area contributed by atoms with Gasteiger partial charge in [0.1, 0.15) is 5.54 Å². The van der Waals surface area contributed by atoms with Crippen LogP contribution in [-0.4, -0.2) is 23.2 Å². The first-order valence-electron chi connectivity index (χ1n) is 4.46. The number of carboxylic acids is 1. The van der Waals surface area contributed by atoms with Crippen LogP contribution in [0.1, 0.15) is 26.2 Å². The van der Waals surface area contributed by atoms with Crippen molar-refractivity contribution < 1.29 is 9.90 Å². The van der Waals surface area contributed by atoms with Crippen LogP contribution in [0.15, 0.2) is 0 Å². The molecule has 2 rings (SSSR count). The summed E-state index contributed by atoms with van der Waals surface area (Å²) in [5.74, 6) is 1.16. The first-order valence-corrected chi connectivity index (χ1v) is 4.46. The number of hydrogen-bond acceptors (Lipinski definition) is 2. The zero-order chi connectivity index (χ0) is 8.77. The first-order chi connectivity index (χ1) is 5.63. The summed E-state index contributed by atoms with van der Waals surface area (Å²) >= 11 is 0. The molecule has 2 bridgehead atoms. The highest BCUT2D eigenvalue weighted by Gasteiger charge is 2.48. The molecule has 1 saturated carbocycles. The van der Waals surface area contributed by atoms with Crippen LogP contribution in [0.3, 0.4) is 0 Å². The Bertz CT molecular complexity index is 217. The molecule has 3 heteroatoms. The lowest BCUT2D eigenvalue weighted by Gasteiger charge is -2.36. The minimum Gasteiger partial charge on any atom is -0.480 e. The number of aliphatic carboxylic acids is 1. The van der Waals surface area contributed by atoms with Gasteiger partial charge in [-0.25, -0.2) is 0 Å². The van der Waals surface area contributed by atoms with E-state index in [0.29, 0.717) is 5.92 Å². The molecule has 3 nitrogen and oxygen atoms in total. The molecule has 2 N–H and O–H groups in total. The number of piperidine rings is 1. The Morgan fingerprint density at radius 2 is 2.50 bits per heavy atom. The average Bonchev–Trinajstić information content (AvgIpc) is 2.43. The third-order valence-electron chi connectivity index (χ3n) is 3.27. The van der Waals surface area contributed by atoms with Crippen LogP contribution in [0, 0.1) is 11.8 Å². The van der Waals surface area contributed by atoms with Crippen LogP contribution in [0.5, 0.6) is 0 Å². The number of carbonyl (C=O) groups is 1. The van der Waals surface area contributed by atoms with Gasteiger partial charge in [-0.2, -0.15) is 0 Å². The molecule has 0 aromatic heterocycles. The summed E-state index contributed by atoms with van der Waals surface area (Å²) in [6.45, 7) is 2.65. The van der Waals surface area contributed by atoms with Crippen molar-refractivity contribution in [3.8, 4) is 0 Å². The number of carboxylic acid groups (broad SMARTS) is 1. The fourth-order valence-corrected chi connectivity index (χ4v) is 2.26. The normalized spacial score (nSPS) is 41.6. The summed E-state index contributed by atoms with van der Waals surface area (Å²) in [7, 11) is 0. The monoisotopic (exact) mass is 168 g/mol. The third-order valence-corrected chi connectivity index (χ3v) is 3.27. The zero-order valence-corrected chi connectivity index (χ0v) is 7.26. The third kappa shape index (κ3) is 0.959. The topological polar surface area (TPSA) is 49.3 Å². The maximum absolute atomic E-state index is 11.0. The lowest BCUT2D eigenvalue weighted by molar-refractivity contribution is -0.143. The van der Waals surface area contributed by atoms with Gasteiger partial charge in [0.15, 0.2) is 0 Å². The zero-order valence-electron chi connectivity index (χ0n) is 7.26. The van der Waals surface area contributed by atoms with Gasteiger partial charge < -0.3 is 10.4 Å². The molecule has 1 radical (unpaired) electrons. The van der Waals surface area contributed by atoms with Gasteiger partial charge in [0.25, 0.3) is 0 Å². The van der Waals surface area contributed by atoms with E-state index in [1.54, 1.807) is 6.92 Å². The van der Waals surface area contributed by atoms with Crippen molar-refractivity contribution in [2.45, 2.75) is 31.7 Å². The quantitative estimate of drug-likeness (QED) is 0.609. The van der Waals surface area contributed by atoms with E-state index in [2.05, 4.69) is 5.32 Å². The molecular weight excluding hydrogens is 154 g/mol. The fourth-order valence-electron chi connectivity index (χ4n) is 2.26. The van der Waals surface area contributed by atoms with Crippen molar-refractivity contribution in [1.82, 2.24) is 5.32 Å². The standard InChI is InChI=1S/C9H14NO2/c1-9(8(11)12)7-3-2-6(4-7)5-10-9/h6,10H,2-5H2,1H3,(H,11,12). The fraction of sp³-hybridized carbons (Fsp3) is 0.778. The highest BCUT2D eigenvalue weighted by molar-refractivity contribution is 5.82. The van der Waals surface area contributed by atoms with Crippen LogP contribution >= 0.6 is 0 Å². The minimum atomic E-state index is -0.729. The molecule has 0 spiro atoms. The van der Waals surface area contributed by atoms with E-state index in [1.165, 1.54) is 12.3 Å². The van der Waals surface area contributed by atoms with Crippen molar-refractivity contribution in [2.75, 3.05) is 6.54 Å². The Labute approximate surface area is 72.2 Å². The van der Waals surface area contributed by atoms with Crippen LogP contribution in [-0.2, 0) is 4.79 Å². The summed E-state index contributed by atoms with van der Waals surface area (Å²) in [5, 5.41) is 12.2. The van der Waals surface area contributed by atoms with Gasteiger partial charge in [-0.05, 0) is 38.6 Å². The lowest BCUT2D eigenvalue weighted by atomic mass is 9.81. The predicted octanol–water partition coefficient (Wildman–Crippen LogP) is 0.807. The summed E-state index contributed by atoms with van der Waals surface area (Å²) in [4.78, 5) is 11.0. The molecule has 12 heavy (non-hydrogen) atoms. The Kier molecular flexibility index (Phi) is 1.65. The van der Waals surface area contributed by atoms with Crippen LogP contribution in [0.4, 0.5) is 0 Å². The highest BCUT2D eigenvalue weighted by atomic mass is 16.4. The van der Waals surface area contributed by atoms with Gasteiger partial charge >= 0.3 is 5.97 Å².